The summed E-state index contributed by atoms with van der Waals surface area (Å²) in [6.45, 7) is 8.68. The Morgan fingerprint density at radius 2 is 2.04 bits per heavy atom. The van der Waals surface area contributed by atoms with Crippen molar-refractivity contribution in [3.05, 3.63) is 92.4 Å². The number of unbranched alkanes of at least 4 members (excludes halogenated alkanes) is 1. The van der Waals surface area contributed by atoms with Crippen LogP contribution in [-0.2, 0) is 12.8 Å². The van der Waals surface area contributed by atoms with E-state index in [4.69, 9.17) is 11.2 Å². The highest BCUT2D eigenvalue weighted by Crippen LogP contribution is 2.43. The van der Waals surface area contributed by atoms with Gasteiger partial charge < -0.3 is 20.1 Å². The van der Waals surface area contributed by atoms with E-state index < -0.39 is 11.8 Å². The Bertz CT molecular complexity index is 2110. The minimum atomic E-state index is -1.09. The average Bonchev–Trinajstić information content (AvgIpc) is 3.67. The SMILES string of the molecule is C#CCCCN(C)CC#Cc1ccc(OCCCc2sc(N3CCCc4c3nnc(NC3=C(C)c5ccccc5C3C)c4C)nc2C(=O)O)c(F)c1. The molecule has 9 nitrogen and oxygen atoms in total. The normalized spacial score (nSPS) is 14.8. The van der Waals surface area contributed by atoms with Gasteiger partial charge in [0.25, 0.3) is 0 Å². The number of carboxylic acids is 1. The molecule has 0 saturated heterocycles. The molecule has 1 atom stereocenters. The summed E-state index contributed by atoms with van der Waals surface area (Å²) < 4.78 is 20.5. The lowest BCUT2D eigenvalue weighted by Crippen LogP contribution is -2.27. The molecule has 4 aromatic rings. The van der Waals surface area contributed by atoms with Gasteiger partial charge in [-0.15, -0.1) is 33.9 Å². The van der Waals surface area contributed by atoms with E-state index in [2.05, 4.69) is 88.2 Å². The maximum absolute atomic E-state index is 14.8. The van der Waals surface area contributed by atoms with Crippen LogP contribution in [0.15, 0.2) is 48.2 Å². The number of terminal acetylenes is 1. The number of halogens is 1. The van der Waals surface area contributed by atoms with Gasteiger partial charge in [-0.05, 0) is 94.4 Å². The van der Waals surface area contributed by atoms with Crippen LogP contribution >= 0.6 is 11.3 Å². The van der Waals surface area contributed by atoms with Crippen LogP contribution in [-0.4, -0.2) is 64.4 Å². The zero-order valence-electron chi connectivity index (χ0n) is 30.1. The van der Waals surface area contributed by atoms with Crippen LogP contribution in [0.3, 0.4) is 0 Å². The molecular formula is C41H43FN6O3S. The number of aromatic carboxylic acids is 1. The smallest absolute Gasteiger partial charge is 0.355 e. The summed E-state index contributed by atoms with van der Waals surface area (Å²) in [4.78, 5) is 21.5. The second-order valence-electron chi connectivity index (χ2n) is 13.2. The van der Waals surface area contributed by atoms with Crippen LogP contribution in [0.1, 0.15) is 88.6 Å². The van der Waals surface area contributed by atoms with E-state index in [1.54, 1.807) is 12.1 Å². The summed E-state index contributed by atoms with van der Waals surface area (Å²) >= 11 is 1.34. The van der Waals surface area contributed by atoms with Crippen molar-refractivity contribution in [2.45, 2.75) is 65.2 Å². The molecule has 2 aromatic carbocycles. The quantitative estimate of drug-likeness (QED) is 0.106. The maximum Gasteiger partial charge on any atom is 0.355 e. The van der Waals surface area contributed by atoms with Crippen molar-refractivity contribution in [2.24, 2.45) is 0 Å². The number of nitrogens with zero attached hydrogens (tertiary/aromatic N) is 5. The van der Waals surface area contributed by atoms with Crippen molar-refractivity contribution in [3.63, 3.8) is 0 Å². The van der Waals surface area contributed by atoms with Crippen molar-refractivity contribution < 1.29 is 19.0 Å². The van der Waals surface area contributed by atoms with Gasteiger partial charge in [0.05, 0.1) is 13.2 Å². The van der Waals surface area contributed by atoms with Crippen LogP contribution < -0.4 is 15.0 Å². The number of hydrogen-bond donors (Lipinski definition) is 2. The molecule has 2 N–H and O–H groups in total. The number of carboxylic acid groups (broad SMARTS) is 1. The van der Waals surface area contributed by atoms with E-state index in [9.17, 15) is 14.3 Å². The Labute approximate surface area is 309 Å². The summed E-state index contributed by atoms with van der Waals surface area (Å²) in [6, 6.07) is 13.1. The molecule has 1 aliphatic heterocycles. The van der Waals surface area contributed by atoms with Crippen molar-refractivity contribution in [1.29, 1.82) is 0 Å². The van der Waals surface area contributed by atoms with Crippen molar-refractivity contribution in [3.8, 4) is 29.9 Å². The Morgan fingerprint density at radius 1 is 1.21 bits per heavy atom. The second kappa shape index (κ2) is 16.4. The fourth-order valence-electron chi connectivity index (χ4n) is 6.76. The molecule has 1 aliphatic carbocycles. The molecule has 0 amide bonds. The first-order chi connectivity index (χ1) is 25.2. The van der Waals surface area contributed by atoms with Gasteiger partial charge in [0.1, 0.15) is 0 Å². The molecule has 0 fully saturated rings. The molecule has 0 bridgehead atoms. The molecule has 2 aliphatic rings. The van der Waals surface area contributed by atoms with E-state index in [0.717, 1.165) is 54.9 Å². The molecule has 52 heavy (non-hydrogen) atoms. The first-order valence-electron chi connectivity index (χ1n) is 17.6. The van der Waals surface area contributed by atoms with E-state index in [-0.39, 0.29) is 24.0 Å². The molecule has 0 saturated carbocycles. The van der Waals surface area contributed by atoms with Crippen LogP contribution in [0.5, 0.6) is 5.75 Å². The third-order valence-corrected chi connectivity index (χ3v) is 10.7. The summed E-state index contributed by atoms with van der Waals surface area (Å²) in [5.41, 5.74) is 7.58. The molecule has 6 rings (SSSR count). The monoisotopic (exact) mass is 718 g/mol. The number of aromatic nitrogens is 3. The highest BCUT2D eigenvalue weighted by atomic mass is 32.1. The minimum absolute atomic E-state index is 0.0168. The third kappa shape index (κ3) is 7.97. The van der Waals surface area contributed by atoms with E-state index in [1.165, 1.54) is 34.1 Å². The molecule has 0 spiro atoms. The number of benzene rings is 2. The molecule has 2 aromatic heterocycles. The van der Waals surface area contributed by atoms with Crippen LogP contribution in [0.2, 0.25) is 0 Å². The van der Waals surface area contributed by atoms with E-state index in [1.807, 2.05) is 11.9 Å². The standard InChI is InChI=1S/C41H43FN6O3S/c1-6-7-10-21-47(5)22-11-14-29-19-20-34(33(42)25-29)51-24-13-18-35-37(40(49)50)44-41(52-35)48-23-12-17-32-28(4)38(45-46-39(32)48)43-36-26(2)30-15-8-9-16-31(30)27(36)3/h1,8-9,15-16,19-20,25-26H,7,10,12-13,17-18,21-24H2,2-5H3,(H,43,45)(H,49,50). The lowest BCUT2D eigenvalue weighted by atomic mass is 10.00. The molecule has 0 radical (unpaired) electrons. The third-order valence-electron chi connectivity index (χ3n) is 9.61. The maximum atomic E-state index is 14.8. The minimum Gasteiger partial charge on any atom is -0.491 e. The van der Waals surface area contributed by atoms with Gasteiger partial charge in [0.15, 0.2) is 34.0 Å². The fourth-order valence-corrected chi connectivity index (χ4v) is 7.89. The lowest BCUT2D eigenvalue weighted by molar-refractivity contribution is 0.0690. The van der Waals surface area contributed by atoms with Gasteiger partial charge in [0, 0.05) is 46.1 Å². The molecule has 11 heteroatoms. The van der Waals surface area contributed by atoms with E-state index in [0.29, 0.717) is 47.3 Å². The number of allylic oxidation sites excluding steroid dienone is 2. The molecular weight excluding hydrogens is 676 g/mol. The second-order valence-corrected chi connectivity index (χ2v) is 14.3. The van der Waals surface area contributed by atoms with Crippen LogP contribution in [0, 0.1) is 36.9 Å². The summed E-state index contributed by atoms with van der Waals surface area (Å²) in [6.07, 6.45) is 9.55. The highest BCUT2D eigenvalue weighted by molar-refractivity contribution is 7.16. The molecule has 3 heterocycles. The van der Waals surface area contributed by atoms with Gasteiger partial charge in [-0.3, -0.25) is 4.90 Å². The fraction of sp³-hybridized carbons (Fsp3) is 0.366. The van der Waals surface area contributed by atoms with Gasteiger partial charge in [-0.2, -0.15) is 0 Å². The number of carbonyl (C=O) groups is 1. The number of fused-ring (bicyclic) bond motifs is 2. The zero-order valence-corrected chi connectivity index (χ0v) is 30.9. The molecule has 268 valence electrons. The predicted octanol–water partition coefficient (Wildman–Crippen LogP) is 7.83. The summed E-state index contributed by atoms with van der Waals surface area (Å²) in [5, 5.41) is 23.5. The van der Waals surface area contributed by atoms with Crippen LogP contribution in [0.4, 0.5) is 21.2 Å². The summed E-state index contributed by atoms with van der Waals surface area (Å²) in [5.74, 6) is 8.90. The Balaban J connectivity index is 1.09. The largest absolute Gasteiger partial charge is 0.491 e. The topological polar surface area (TPSA) is 104 Å². The average molecular weight is 719 g/mol. The Kier molecular flexibility index (Phi) is 11.5. The Hall–Kier alpha value is -5.23. The first-order valence-corrected chi connectivity index (χ1v) is 18.4. The highest BCUT2D eigenvalue weighted by Gasteiger charge is 2.30. The van der Waals surface area contributed by atoms with Gasteiger partial charge >= 0.3 is 5.97 Å². The summed E-state index contributed by atoms with van der Waals surface area (Å²) in [7, 11) is 1.97. The van der Waals surface area contributed by atoms with Gasteiger partial charge in [-0.25, -0.2) is 14.2 Å². The van der Waals surface area contributed by atoms with Crippen LogP contribution in [0.25, 0.3) is 5.57 Å². The number of ether oxygens (including phenoxy) is 1. The number of anilines is 3. The number of hydrogen-bond acceptors (Lipinski definition) is 9. The number of thiazole rings is 1. The number of rotatable bonds is 13. The van der Waals surface area contributed by atoms with Crippen molar-refractivity contribution >= 4 is 39.6 Å². The van der Waals surface area contributed by atoms with E-state index >= 15 is 0 Å². The first kappa shape index (κ1) is 36.6. The molecule has 1 unspecified atom stereocenters. The van der Waals surface area contributed by atoms with Gasteiger partial charge in [0.2, 0.25) is 0 Å². The lowest BCUT2D eigenvalue weighted by Gasteiger charge is -2.29. The Morgan fingerprint density at radius 3 is 2.81 bits per heavy atom. The number of aryl methyl sites for hydroxylation is 1. The van der Waals surface area contributed by atoms with Gasteiger partial charge in [-0.1, -0.05) is 43.0 Å². The van der Waals surface area contributed by atoms with Crippen molar-refractivity contribution in [2.75, 3.05) is 43.5 Å². The van der Waals surface area contributed by atoms with Crippen molar-refractivity contribution in [1.82, 2.24) is 20.1 Å². The number of nitrogens with one attached hydrogen (secondary N) is 1. The predicted molar refractivity (Wildman–Crippen MR) is 205 cm³/mol. The zero-order chi connectivity index (χ0) is 36.8.